The van der Waals surface area contributed by atoms with Gasteiger partial charge in [-0.3, -0.25) is 4.79 Å². The van der Waals surface area contributed by atoms with Crippen molar-refractivity contribution >= 4 is 34.2 Å². The summed E-state index contributed by atoms with van der Waals surface area (Å²) in [5.41, 5.74) is 4.43. The number of aromatic nitrogens is 2. The molecule has 30 heavy (non-hydrogen) atoms. The van der Waals surface area contributed by atoms with Crippen LogP contribution in [0, 0.1) is 0 Å². The van der Waals surface area contributed by atoms with Crippen molar-refractivity contribution in [1.82, 2.24) is 14.9 Å². The predicted octanol–water partition coefficient (Wildman–Crippen LogP) is 3.50. The van der Waals surface area contributed by atoms with E-state index < -0.39 is 0 Å². The molecule has 5 rings (SSSR count). The molecule has 1 aromatic carbocycles. The van der Waals surface area contributed by atoms with E-state index in [9.17, 15) is 4.79 Å². The zero-order valence-electron chi connectivity index (χ0n) is 17.0. The van der Waals surface area contributed by atoms with Crippen molar-refractivity contribution in [3.05, 3.63) is 59.4 Å². The Bertz CT molecular complexity index is 1060. The summed E-state index contributed by atoms with van der Waals surface area (Å²) in [7, 11) is 0. The number of nitrogens with one attached hydrogen (secondary N) is 1. The van der Waals surface area contributed by atoms with Gasteiger partial charge in [-0.05, 0) is 36.6 Å². The molecule has 0 radical (unpaired) electrons. The summed E-state index contributed by atoms with van der Waals surface area (Å²) in [5.74, 6) is 0.851. The fourth-order valence-corrected chi connectivity index (χ4v) is 4.92. The SMILES string of the molecule is C[C@H]1Cc2c([nH]c3ccccc23)C(c2ccc(N3CCOCC3)nc2)N1C(=O)CCl. The van der Waals surface area contributed by atoms with Crippen molar-refractivity contribution in [2.75, 3.05) is 37.1 Å². The number of amides is 1. The number of anilines is 1. The molecule has 2 aliphatic heterocycles. The molecule has 0 aliphatic carbocycles. The van der Waals surface area contributed by atoms with Gasteiger partial charge in [0.05, 0.1) is 19.3 Å². The molecule has 1 amide bonds. The molecule has 1 saturated heterocycles. The van der Waals surface area contributed by atoms with E-state index in [1.165, 1.54) is 10.9 Å². The van der Waals surface area contributed by atoms with E-state index in [0.29, 0.717) is 0 Å². The molecule has 1 N–H and O–H groups in total. The Morgan fingerprint density at radius 3 is 2.77 bits per heavy atom. The van der Waals surface area contributed by atoms with Gasteiger partial charge < -0.3 is 19.5 Å². The number of pyridine rings is 1. The second kappa shape index (κ2) is 7.93. The number of halogens is 1. The van der Waals surface area contributed by atoms with E-state index >= 15 is 0 Å². The van der Waals surface area contributed by atoms with Gasteiger partial charge in [-0.2, -0.15) is 0 Å². The van der Waals surface area contributed by atoms with Crippen LogP contribution in [-0.4, -0.2) is 59.0 Å². The Morgan fingerprint density at radius 2 is 2.03 bits per heavy atom. The molecule has 1 fully saturated rings. The summed E-state index contributed by atoms with van der Waals surface area (Å²) in [6, 6.07) is 12.3. The normalized spacial score (nSPS) is 21.7. The van der Waals surface area contributed by atoms with Crippen molar-refractivity contribution in [2.45, 2.75) is 25.4 Å². The van der Waals surface area contributed by atoms with Crippen LogP contribution in [0.25, 0.3) is 10.9 Å². The number of carbonyl (C=O) groups is 1. The second-order valence-corrected chi connectivity index (χ2v) is 8.27. The standard InChI is InChI=1S/C23H25ClN4O2/c1-15-12-18-17-4-2-3-5-19(17)26-22(18)23(28(15)21(29)13-24)16-6-7-20(25-14-16)27-8-10-30-11-9-27/h2-7,14-15,23,26H,8-13H2,1H3/t15-,23?/m0/s1. The second-order valence-electron chi connectivity index (χ2n) is 8.00. The number of ether oxygens (including phenoxy) is 1. The van der Waals surface area contributed by atoms with Gasteiger partial charge in [-0.25, -0.2) is 4.98 Å². The van der Waals surface area contributed by atoms with Gasteiger partial charge in [-0.15, -0.1) is 11.6 Å². The predicted molar refractivity (Wildman–Crippen MR) is 118 cm³/mol. The lowest BCUT2D eigenvalue weighted by Gasteiger charge is -2.40. The third-order valence-corrected chi connectivity index (χ3v) is 6.43. The maximum Gasteiger partial charge on any atom is 0.238 e. The van der Waals surface area contributed by atoms with Gasteiger partial charge >= 0.3 is 0 Å². The van der Waals surface area contributed by atoms with Gasteiger partial charge in [0.25, 0.3) is 0 Å². The molecule has 4 heterocycles. The molecule has 156 valence electrons. The summed E-state index contributed by atoms with van der Waals surface area (Å²) in [6.07, 6.45) is 2.70. The Kier molecular flexibility index (Phi) is 5.13. The van der Waals surface area contributed by atoms with E-state index in [-0.39, 0.29) is 23.9 Å². The monoisotopic (exact) mass is 424 g/mol. The maximum absolute atomic E-state index is 12.8. The number of benzene rings is 1. The van der Waals surface area contributed by atoms with Crippen molar-refractivity contribution < 1.29 is 9.53 Å². The minimum atomic E-state index is -0.228. The number of aromatic amines is 1. The molecule has 3 aromatic rings. The number of H-pyrrole nitrogens is 1. The van der Waals surface area contributed by atoms with Crippen molar-refractivity contribution in [3.8, 4) is 0 Å². The third-order valence-electron chi connectivity index (χ3n) is 6.20. The average molecular weight is 425 g/mol. The lowest BCUT2D eigenvalue weighted by atomic mass is 9.89. The summed E-state index contributed by atoms with van der Waals surface area (Å²) in [4.78, 5) is 25.3. The lowest BCUT2D eigenvalue weighted by Crippen LogP contribution is -2.47. The summed E-state index contributed by atoms with van der Waals surface area (Å²) in [5, 5.41) is 1.22. The molecule has 2 aliphatic rings. The highest BCUT2D eigenvalue weighted by molar-refractivity contribution is 6.27. The van der Waals surface area contributed by atoms with Crippen LogP contribution in [0.2, 0.25) is 0 Å². The van der Waals surface area contributed by atoms with Crippen molar-refractivity contribution in [1.29, 1.82) is 0 Å². The van der Waals surface area contributed by atoms with Crippen LogP contribution in [0.1, 0.15) is 29.8 Å². The van der Waals surface area contributed by atoms with E-state index in [2.05, 4.69) is 41.1 Å². The average Bonchev–Trinajstić information content (AvgIpc) is 3.16. The summed E-state index contributed by atoms with van der Waals surface area (Å²) in [6.45, 7) is 5.23. The molecule has 0 bridgehead atoms. The van der Waals surface area contributed by atoms with Gasteiger partial charge in [0, 0.05) is 41.9 Å². The molecule has 0 saturated carbocycles. The largest absolute Gasteiger partial charge is 0.378 e. The highest BCUT2D eigenvalue weighted by Crippen LogP contribution is 2.41. The van der Waals surface area contributed by atoms with E-state index in [0.717, 1.165) is 55.3 Å². The van der Waals surface area contributed by atoms with Gasteiger partial charge in [0.15, 0.2) is 0 Å². The van der Waals surface area contributed by atoms with Crippen LogP contribution in [0.4, 0.5) is 5.82 Å². The van der Waals surface area contributed by atoms with Crippen LogP contribution in [0.5, 0.6) is 0 Å². The third kappa shape index (κ3) is 3.24. The molecular formula is C23H25ClN4O2. The minimum absolute atomic E-state index is 0.0321. The first kappa shape index (κ1) is 19.4. The summed E-state index contributed by atoms with van der Waals surface area (Å²) < 4.78 is 5.44. The highest BCUT2D eigenvalue weighted by atomic mass is 35.5. The number of hydrogen-bond donors (Lipinski definition) is 1. The van der Waals surface area contributed by atoms with E-state index in [1.807, 2.05) is 23.2 Å². The first-order valence-electron chi connectivity index (χ1n) is 10.4. The fourth-order valence-electron chi connectivity index (χ4n) is 4.79. The molecule has 0 spiro atoms. The number of para-hydroxylation sites is 1. The van der Waals surface area contributed by atoms with Gasteiger partial charge in [0.1, 0.15) is 11.7 Å². The number of morpholine rings is 1. The number of rotatable bonds is 3. The van der Waals surface area contributed by atoms with Crippen LogP contribution in [0.3, 0.4) is 0 Å². The van der Waals surface area contributed by atoms with Gasteiger partial charge in [0.2, 0.25) is 5.91 Å². The first-order chi connectivity index (χ1) is 14.7. The summed E-state index contributed by atoms with van der Waals surface area (Å²) >= 11 is 6.00. The molecule has 6 nitrogen and oxygen atoms in total. The molecule has 2 atom stereocenters. The van der Waals surface area contributed by atoms with Gasteiger partial charge in [-0.1, -0.05) is 24.3 Å². The molecule has 7 heteroatoms. The maximum atomic E-state index is 12.8. The topological polar surface area (TPSA) is 61.5 Å². The molecule has 2 aromatic heterocycles. The number of alkyl halides is 1. The van der Waals surface area contributed by atoms with E-state index in [4.69, 9.17) is 21.3 Å². The number of nitrogens with zero attached hydrogens (tertiary/aromatic N) is 3. The zero-order valence-corrected chi connectivity index (χ0v) is 17.7. The minimum Gasteiger partial charge on any atom is -0.378 e. The Hall–Kier alpha value is -2.57. The highest BCUT2D eigenvalue weighted by Gasteiger charge is 2.38. The Morgan fingerprint density at radius 1 is 1.23 bits per heavy atom. The number of fused-ring (bicyclic) bond motifs is 3. The Balaban J connectivity index is 1.59. The zero-order chi connectivity index (χ0) is 20.7. The van der Waals surface area contributed by atoms with Crippen LogP contribution in [-0.2, 0) is 16.0 Å². The molecular weight excluding hydrogens is 400 g/mol. The lowest BCUT2D eigenvalue weighted by molar-refractivity contribution is -0.133. The van der Waals surface area contributed by atoms with Crippen LogP contribution in [0.15, 0.2) is 42.6 Å². The molecule has 1 unspecified atom stereocenters. The quantitative estimate of drug-likeness (QED) is 0.654. The van der Waals surface area contributed by atoms with Crippen molar-refractivity contribution in [2.24, 2.45) is 0 Å². The van der Waals surface area contributed by atoms with E-state index in [1.54, 1.807) is 0 Å². The number of carbonyl (C=O) groups excluding carboxylic acids is 1. The van der Waals surface area contributed by atoms with Crippen molar-refractivity contribution in [3.63, 3.8) is 0 Å². The van der Waals surface area contributed by atoms with Crippen LogP contribution >= 0.6 is 11.6 Å². The van der Waals surface area contributed by atoms with Crippen LogP contribution < -0.4 is 4.90 Å². The number of hydrogen-bond acceptors (Lipinski definition) is 4. The fraction of sp³-hybridized carbons (Fsp3) is 0.391. The first-order valence-corrected chi connectivity index (χ1v) is 11.0. The Labute approximate surface area is 180 Å². The smallest absolute Gasteiger partial charge is 0.238 e.